The Balaban J connectivity index is 2.52. The smallest absolute Gasteiger partial charge is 0.411 e. The molecule has 1 aromatic carbocycles. The van der Waals surface area contributed by atoms with Gasteiger partial charge >= 0.3 is 6.18 Å². The second-order valence-corrected chi connectivity index (χ2v) is 3.98. The van der Waals surface area contributed by atoms with Gasteiger partial charge in [-0.15, -0.1) is 0 Å². The highest BCUT2D eigenvalue weighted by Crippen LogP contribution is 2.25. The monoisotopic (exact) mass is 312 g/mol. The van der Waals surface area contributed by atoms with Crippen LogP contribution in [0.25, 0.3) is 0 Å². The molecule has 0 N–H and O–H groups in total. The van der Waals surface area contributed by atoms with E-state index in [1.165, 1.54) is 0 Å². The second-order valence-electron chi connectivity index (χ2n) is 3.42. The zero-order chi connectivity index (χ0) is 12.9. The first-order valence-electron chi connectivity index (χ1n) is 4.86. The molecule has 0 radical (unpaired) electrons. The summed E-state index contributed by atoms with van der Waals surface area (Å²) >= 11 is 3.28. The van der Waals surface area contributed by atoms with Gasteiger partial charge in [-0.3, -0.25) is 0 Å². The molecule has 0 aliphatic carbocycles. The Morgan fingerprint density at radius 1 is 1.29 bits per heavy atom. The molecule has 0 aliphatic heterocycles. The predicted molar refractivity (Wildman–Crippen MR) is 61.3 cm³/mol. The fourth-order valence-corrected chi connectivity index (χ4v) is 1.72. The summed E-state index contributed by atoms with van der Waals surface area (Å²) in [5.74, 6) is 0.562. The predicted octanol–water partition coefficient (Wildman–Crippen LogP) is 3.81. The number of rotatable bonds is 5. The average Bonchev–Trinajstić information content (AvgIpc) is 2.24. The number of hydrogen-bond donors (Lipinski definition) is 0. The van der Waals surface area contributed by atoms with Crippen LogP contribution in [0.4, 0.5) is 13.2 Å². The maximum absolute atomic E-state index is 11.8. The van der Waals surface area contributed by atoms with Crippen molar-refractivity contribution in [1.82, 2.24) is 0 Å². The molecule has 0 atom stereocenters. The van der Waals surface area contributed by atoms with Gasteiger partial charge in [-0.2, -0.15) is 13.2 Å². The summed E-state index contributed by atoms with van der Waals surface area (Å²) in [5, 5.41) is 0.573. The molecular formula is C11H12BrF3O2. The highest BCUT2D eigenvalue weighted by Gasteiger charge is 2.27. The number of para-hydroxylation sites is 1. The zero-order valence-corrected chi connectivity index (χ0v) is 10.8. The molecule has 0 unspecified atom stereocenters. The molecule has 1 aromatic rings. The lowest BCUT2D eigenvalue weighted by molar-refractivity contribution is -0.186. The molecule has 0 saturated carbocycles. The SMILES string of the molecule is Cc1cccc(CBr)c1OCOCC(F)(F)F. The summed E-state index contributed by atoms with van der Waals surface area (Å²) in [5.41, 5.74) is 1.73. The summed E-state index contributed by atoms with van der Waals surface area (Å²) in [6.45, 7) is 0.109. The summed E-state index contributed by atoms with van der Waals surface area (Å²) in [4.78, 5) is 0. The minimum absolute atomic E-state index is 0.412. The van der Waals surface area contributed by atoms with Gasteiger partial charge < -0.3 is 9.47 Å². The quantitative estimate of drug-likeness (QED) is 0.468. The molecule has 0 aliphatic rings. The summed E-state index contributed by atoms with van der Waals surface area (Å²) < 4.78 is 45.1. The van der Waals surface area contributed by atoms with E-state index in [2.05, 4.69) is 20.7 Å². The van der Waals surface area contributed by atoms with Gasteiger partial charge in [0, 0.05) is 10.9 Å². The van der Waals surface area contributed by atoms with E-state index in [-0.39, 0.29) is 0 Å². The normalized spacial score (nSPS) is 11.6. The van der Waals surface area contributed by atoms with Gasteiger partial charge in [-0.05, 0) is 12.5 Å². The summed E-state index contributed by atoms with van der Waals surface area (Å²) in [6, 6.07) is 5.52. The third-order valence-electron chi connectivity index (χ3n) is 1.99. The molecule has 6 heteroatoms. The van der Waals surface area contributed by atoms with Crippen molar-refractivity contribution in [3.63, 3.8) is 0 Å². The van der Waals surface area contributed by atoms with Gasteiger partial charge in [0.15, 0.2) is 6.79 Å². The lowest BCUT2D eigenvalue weighted by Gasteiger charge is -2.13. The van der Waals surface area contributed by atoms with Crippen molar-refractivity contribution >= 4 is 15.9 Å². The van der Waals surface area contributed by atoms with Crippen LogP contribution in [0.5, 0.6) is 5.75 Å². The van der Waals surface area contributed by atoms with Crippen LogP contribution in [0.3, 0.4) is 0 Å². The van der Waals surface area contributed by atoms with Crippen LogP contribution < -0.4 is 4.74 Å². The van der Waals surface area contributed by atoms with E-state index in [4.69, 9.17) is 4.74 Å². The van der Waals surface area contributed by atoms with Gasteiger partial charge in [0.2, 0.25) is 0 Å². The lowest BCUT2D eigenvalue weighted by atomic mass is 10.1. The Hall–Kier alpha value is -0.750. The highest BCUT2D eigenvalue weighted by atomic mass is 79.9. The van der Waals surface area contributed by atoms with Gasteiger partial charge in [0.05, 0.1) is 0 Å². The number of hydrogen-bond acceptors (Lipinski definition) is 2. The summed E-state index contributed by atoms with van der Waals surface area (Å²) in [7, 11) is 0. The topological polar surface area (TPSA) is 18.5 Å². The van der Waals surface area contributed by atoms with E-state index in [0.717, 1.165) is 11.1 Å². The van der Waals surface area contributed by atoms with Crippen molar-refractivity contribution in [1.29, 1.82) is 0 Å². The molecule has 0 amide bonds. The van der Waals surface area contributed by atoms with Crippen LogP contribution >= 0.6 is 15.9 Å². The van der Waals surface area contributed by atoms with E-state index in [0.29, 0.717) is 11.1 Å². The van der Waals surface area contributed by atoms with Gasteiger partial charge in [-0.1, -0.05) is 34.1 Å². The second kappa shape index (κ2) is 6.26. The number of ether oxygens (including phenoxy) is 2. The van der Waals surface area contributed by atoms with Crippen LogP contribution in [0, 0.1) is 6.92 Å². The first-order valence-corrected chi connectivity index (χ1v) is 5.98. The molecule has 1 rings (SSSR count). The lowest BCUT2D eigenvalue weighted by Crippen LogP contribution is -2.19. The molecular weight excluding hydrogens is 301 g/mol. The molecule has 0 spiro atoms. The maximum Gasteiger partial charge on any atom is 0.411 e. The fourth-order valence-electron chi connectivity index (χ4n) is 1.28. The van der Waals surface area contributed by atoms with E-state index in [1.807, 2.05) is 25.1 Å². The van der Waals surface area contributed by atoms with Gasteiger partial charge in [0.25, 0.3) is 0 Å². The van der Waals surface area contributed by atoms with Crippen molar-refractivity contribution in [2.24, 2.45) is 0 Å². The number of benzene rings is 1. The number of aryl methyl sites for hydroxylation is 1. The molecule has 2 nitrogen and oxygen atoms in total. The molecule has 0 saturated heterocycles. The third-order valence-corrected chi connectivity index (χ3v) is 2.59. The van der Waals surface area contributed by atoms with E-state index < -0.39 is 19.6 Å². The van der Waals surface area contributed by atoms with Gasteiger partial charge in [0.1, 0.15) is 12.4 Å². The molecule has 0 aromatic heterocycles. The van der Waals surface area contributed by atoms with Crippen LogP contribution in [0.15, 0.2) is 18.2 Å². The Morgan fingerprint density at radius 2 is 2.00 bits per heavy atom. The molecule has 0 bridgehead atoms. The summed E-state index contributed by atoms with van der Waals surface area (Å²) in [6.07, 6.45) is -4.33. The third kappa shape index (κ3) is 4.95. The Kier molecular flexibility index (Phi) is 5.27. The van der Waals surface area contributed by atoms with Crippen LogP contribution in [0.1, 0.15) is 11.1 Å². The average molecular weight is 313 g/mol. The minimum Gasteiger partial charge on any atom is -0.467 e. The first kappa shape index (κ1) is 14.3. The van der Waals surface area contributed by atoms with Crippen molar-refractivity contribution in [3.05, 3.63) is 29.3 Å². The number of halogens is 4. The molecule has 96 valence electrons. The Bertz CT molecular complexity index is 366. The minimum atomic E-state index is -4.33. The van der Waals surface area contributed by atoms with Crippen LogP contribution in [0.2, 0.25) is 0 Å². The van der Waals surface area contributed by atoms with Crippen molar-refractivity contribution in [3.8, 4) is 5.75 Å². The van der Waals surface area contributed by atoms with Gasteiger partial charge in [-0.25, -0.2) is 0 Å². The van der Waals surface area contributed by atoms with Crippen LogP contribution in [-0.2, 0) is 10.1 Å². The largest absolute Gasteiger partial charge is 0.467 e. The maximum atomic E-state index is 11.8. The van der Waals surface area contributed by atoms with Crippen LogP contribution in [-0.4, -0.2) is 19.6 Å². The number of alkyl halides is 4. The fraction of sp³-hybridized carbons (Fsp3) is 0.455. The zero-order valence-electron chi connectivity index (χ0n) is 9.18. The molecule has 17 heavy (non-hydrogen) atoms. The van der Waals surface area contributed by atoms with Crippen molar-refractivity contribution < 1.29 is 22.6 Å². The van der Waals surface area contributed by atoms with Crippen molar-refractivity contribution in [2.45, 2.75) is 18.4 Å². The highest BCUT2D eigenvalue weighted by molar-refractivity contribution is 9.08. The molecule has 0 heterocycles. The molecule has 0 fully saturated rings. The van der Waals surface area contributed by atoms with E-state index in [9.17, 15) is 13.2 Å². The Labute approximate surface area is 106 Å². The van der Waals surface area contributed by atoms with E-state index in [1.54, 1.807) is 0 Å². The van der Waals surface area contributed by atoms with Crippen molar-refractivity contribution in [2.75, 3.05) is 13.4 Å². The first-order chi connectivity index (χ1) is 7.94. The standard InChI is InChI=1S/C11H12BrF3O2/c1-8-3-2-4-9(5-12)10(8)17-7-16-6-11(13,14)15/h2-4H,5-7H2,1H3. The van der Waals surface area contributed by atoms with E-state index >= 15 is 0 Å². The Morgan fingerprint density at radius 3 is 2.59 bits per heavy atom.